The van der Waals surface area contributed by atoms with Gasteiger partial charge in [-0.05, 0) is 26.3 Å². The summed E-state index contributed by atoms with van der Waals surface area (Å²) in [5.74, 6) is -0.438. The fraction of sp³-hybridized carbons (Fsp3) is 0.647. The number of carbonyl (C=O) groups excluding carboxylic acids is 2. The molecule has 0 spiro atoms. The van der Waals surface area contributed by atoms with Gasteiger partial charge >= 0.3 is 5.97 Å². The average Bonchev–Trinajstić information content (AvgIpc) is 2.66. The zero-order valence-electron chi connectivity index (χ0n) is 13.9. The second kappa shape index (κ2) is 6.55. The molecule has 2 aliphatic rings. The molecule has 0 unspecified atom stereocenters. The number of aldehydes is 1. The van der Waals surface area contributed by atoms with Crippen molar-refractivity contribution in [3.05, 3.63) is 24.3 Å². The molecule has 1 N–H and O–H groups in total. The molecule has 6 atom stereocenters. The molecule has 0 aliphatic carbocycles. The maximum absolute atomic E-state index is 11.5. The number of ether oxygens (including phenoxy) is 3. The molecule has 2 rings (SSSR count). The molecule has 0 saturated carbocycles. The largest absolute Gasteiger partial charge is 0.456 e. The molecule has 2 bridgehead atoms. The topological polar surface area (TPSA) is 82.1 Å². The molecule has 0 aromatic heterocycles. The first-order valence-electron chi connectivity index (χ1n) is 7.79. The molecule has 0 amide bonds. The highest BCUT2D eigenvalue weighted by Gasteiger charge is 2.69. The molecule has 2 heterocycles. The van der Waals surface area contributed by atoms with E-state index < -0.39 is 35.5 Å². The summed E-state index contributed by atoms with van der Waals surface area (Å²) in [7, 11) is 0. The van der Waals surface area contributed by atoms with Gasteiger partial charge in [0.2, 0.25) is 0 Å². The number of esters is 1. The maximum atomic E-state index is 11.5. The van der Waals surface area contributed by atoms with Gasteiger partial charge in [-0.3, -0.25) is 9.59 Å². The number of rotatable bonds is 5. The van der Waals surface area contributed by atoms with Crippen LogP contribution in [0, 0.1) is 0 Å². The van der Waals surface area contributed by atoms with E-state index in [0.29, 0.717) is 12.7 Å². The van der Waals surface area contributed by atoms with E-state index in [2.05, 4.69) is 0 Å². The number of hydrogen-bond acceptors (Lipinski definition) is 6. The lowest BCUT2D eigenvalue weighted by Gasteiger charge is -2.47. The Labute approximate surface area is 136 Å². The highest BCUT2D eigenvalue weighted by Crippen LogP contribution is 2.51. The highest BCUT2D eigenvalue weighted by molar-refractivity contribution is 5.66. The minimum absolute atomic E-state index is 0.296. The Morgan fingerprint density at radius 3 is 2.48 bits per heavy atom. The average molecular weight is 324 g/mol. The number of aliphatic hydroxyl groups is 1. The summed E-state index contributed by atoms with van der Waals surface area (Å²) in [6.45, 7) is 6.87. The van der Waals surface area contributed by atoms with E-state index >= 15 is 0 Å². The van der Waals surface area contributed by atoms with E-state index in [1.54, 1.807) is 25.2 Å². The fourth-order valence-corrected chi connectivity index (χ4v) is 3.59. The lowest BCUT2D eigenvalue weighted by Crippen LogP contribution is -2.65. The molecule has 128 valence electrons. The summed E-state index contributed by atoms with van der Waals surface area (Å²) in [4.78, 5) is 21.8. The van der Waals surface area contributed by atoms with Gasteiger partial charge in [-0.25, -0.2) is 0 Å². The molecular formula is C17H24O6. The van der Waals surface area contributed by atoms with Crippen LogP contribution in [0.15, 0.2) is 24.3 Å². The standard InChI is InChI=1S/C17H24O6/c1-5-13-16(3)15(21-11(2)19)17(4,23-13)14(20)12(22-16)9-7-6-8-10-18/h6-10,12-15,20H,5H2,1-4H3/b8-6+,9-7+/t12-,13+,14-,15+,16-,17+/m0/s1. The van der Waals surface area contributed by atoms with Crippen LogP contribution >= 0.6 is 0 Å². The van der Waals surface area contributed by atoms with Gasteiger partial charge in [0.25, 0.3) is 0 Å². The summed E-state index contributed by atoms with van der Waals surface area (Å²) >= 11 is 0. The van der Waals surface area contributed by atoms with E-state index in [1.165, 1.54) is 13.0 Å². The summed E-state index contributed by atoms with van der Waals surface area (Å²) in [5, 5.41) is 10.7. The van der Waals surface area contributed by atoms with E-state index in [0.717, 1.165) is 0 Å². The molecule has 2 saturated heterocycles. The SMILES string of the molecule is CC[C@H]1O[C@@]2(C)[C@H](OC(C)=O)[C@@]1(C)O[C@@H](/C=C/C=C/C=O)[C@@H]2O. The Kier molecular flexibility index (Phi) is 5.08. The summed E-state index contributed by atoms with van der Waals surface area (Å²) in [6.07, 6.45) is 4.94. The van der Waals surface area contributed by atoms with Gasteiger partial charge in [0, 0.05) is 6.92 Å². The van der Waals surface area contributed by atoms with Gasteiger partial charge in [0.1, 0.15) is 29.7 Å². The van der Waals surface area contributed by atoms with Gasteiger partial charge in [0.15, 0.2) is 6.10 Å². The molecule has 0 aromatic rings. The number of hydrogen-bond donors (Lipinski definition) is 1. The maximum Gasteiger partial charge on any atom is 0.303 e. The van der Waals surface area contributed by atoms with Crippen LogP contribution in [0.25, 0.3) is 0 Å². The van der Waals surface area contributed by atoms with E-state index in [4.69, 9.17) is 14.2 Å². The number of fused-ring (bicyclic) bond motifs is 2. The molecule has 6 heteroatoms. The van der Waals surface area contributed by atoms with Gasteiger partial charge in [-0.2, -0.15) is 0 Å². The molecular weight excluding hydrogens is 300 g/mol. The third-order valence-corrected chi connectivity index (χ3v) is 4.62. The Morgan fingerprint density at radius 1 is 1.22 bits per heavy atom. The molecule has 0 aromatic carbocycles. The monoisotopic (exact) mass is 324 g/mol. The van der Waals surface area contributed by atoms with E-state index in [-0.39, 0.29) is 6.10 Å². The number of aliphatic hydroxyl groups excluding tert-OH is 1. The van der Waals surface area contributed by atoms with Crippen molar-refractivity contribution in [2.45, 2.75) is 69.7 Å². The van der Waals surface area contributed by atoms with Crippen molar-refractivity contribution >= 4 is 12.3 Å². The lowest BCUT2D eigenvalue weighted by atomic mass is 9.77. The predicted molar refractivity (Wildman–Crippen MR) is 82.8 cm³/mol. The molecule has 6 nitrogen and oxygen atoms in total. The van der Waals surface area contributed by atoms with Gasteiger partial charge in [-0.1, -0.05) is 25.2 Å². The van der Waals surface area contributed by atoms with E-state index in [9.17, 15) is 14.7 Å². The third kappa shape index (κ3) is 2.98. The van der Waals surface area contributed by atoms with Crippen molar-refractivity contribution in [2.75, 3.05) is 0 Å². The number of allylic oxidation sites excluding steroid dienone is 3. The van der Waals surface area contributed by atoms with Crippen molar-refractivity contribution < 1.29 is 28.9 Å². The number of carbonyl (C=O) groups is 2. The Hall–Kier alpha value is -1.50. The second-order valence-electron chi connectivity index (χ2n) is 6.31. The van der Waals surface area contributed by atoms with Crippen molar-refractivity contribution in [1.29, 1.82) is 0 Å². The minimum Gasteiger partial charge on any atom is -0.456 e. The second-order valence-corrected chi connectivity index (χ2v) is 6.31. The van der Waals surface area contributed by atoms with Gasteiger partial charge in [0.05, 0.1) is 6.10 Å². The van der Waals surface area contributed by atoms with Crippen LogP contribution in [-0.4, -0.2) is 53.0 Å². The Balaban J connectivity index is 2.34. The summed E-state index contributed by atoms with van der Waals surface area (Å²) < 4.78 is 17.6. The van der Waals surface area contributed by atoms with Crippen LogP contribution < -0.4 is 0 Å². The normalized spacial score (nSPS) is 43.2. The quantitative estimate of drug-likeness (QED) is 0.355. The van der Waals surface area contributed by atoms with Gasteiger partial charge in [-0.15, -0.1) is 0 Å². The van der Waals surface area contributed by atoms with Crippen molar-refractivity contribution in [3.63, 3.8) is 0 Å². The molecule has 2 aliphatic heterocycles. The zero-order valence-corrected chi connectivity index (χ0v) is 13.9. The lowest BCUT2D eigenvalue weighted by molar-refractivity contribution is -0.235. The van der Waals surface area contributed by atoms with Crippen molar-refractivity contribution in [1.82, 2.24) is 0 Å². The van der Waals surface area contributed by atoms with E-state index in [1.807, 2.05) is 13.8 Å². The van der Waals surface area contributed by atoms with Crippen molar-refractivity contribution in [2.24, 2.45) is 0 Å². The molecule has 23 heavy (non-hydrogen) atoms. The van der Waals surface area contributed by atoms with Gasteiger partial charge < -0.3 is 19.3 Å². The minimum atomic E-state index is -1.05. The van der Waals surface area contributed by atoms with Crippen LogP contribution in [0.5, 0.6) is 0 Å². The first-order valence-corrected chi connectivity index (χ1v) is 7.79. The smallest absolute Gasteiger partial charge is 0.303 e. The van der Waals surface area contributed by atoms with Crippen LogP contribution in [0.2, 0.25) is 0 Å². The Bertz CT molecular complexity index is 523. The van der Waals surface area contributed by atoms with Crippen molar-refractivity contribution in [3.8, 4) is 0 Å². The predicted octanol–water partition coefficient (Wildman–Crippen LogP) is 1.32. The highest BCUT2D eigenvalue weighted by atomic mass is 16.7. The van der Waals surface area contributed by atoms with Crippen LogP contribution in [0.1, 0.15) is 34.1 Å². The van der Waals surface area contributed by atoms with Crippen LogP contribution in [0.3, 0.4) is 0 Å². The fourth-order valence-electron chi connectivity index (χ4n) is 3.59. The Morgan fingerprint density at radius 2 is 1.91 bits per heavy atom. The first kappa shape index (κ1) is 17.8. The van der Waals surface area contributed by atoms with Crippen LogP contribution in [-0.2, 0) is 23.8 Å². The van der Waals surface area contributed by atoms with Crippen LogP contribution in [0.4, 0.5) is 0 Å². The summed E-state index contributed by atoms with van der Waals surface area (Å²) in [6, 6.07) is 0. The zero-order chi connectivity index (χ0) is 17.3. The first-order chi connectivity index (χ1) is 10.8. The summed E-state index contributed by atoms with van der Waals surface area (Å²) in [5.41, 5.74) is -1.90. The third-order valence-electron chi connectivity index (χ3n) is 4.62. The molecule has 0 radical (unpaired) electrons. The molecule has 2 fully saturated rings.